The molecule has 0 saturated heterocycles. The summed E-state index contributed by atoms with van der Waals surface area (Å²) in [4.78, 5) is 0. The average molecular weight is 283 g/mol. The van der Waals surface area contributed by atoms with E-state index < -0.39 is 0 Å². The van der Waals surface area contributed by atoms with E-state index in [2.05, 4.69) is 61.1 Å². The molecule has 0 spiro atoms. The Bertz CT molecular complexity index is 627. The summed E-state index contributed by atoms with van der Waals surface area (Å²) in [5.74, 6) is 0. The molecule has 1 aromatic carbocycles. The van der Waals surface area contributed by atoms with Crippen molar-refractivity contribution in [1.29, 1.82) is 0 Å². The Morgan fingerprint density at radius 1 is 1.14 bits per heavy atom. The summed E-state index contributed by atoms with van der Waals surface area (Å²) in [7, 11) is 0. The lowest BCUT2D eigenvalue weighted by Gasteiger charge is -2.11. The van der Waals surface area contributed by atoms with Crippen LogP contribution in [0.15, 0.2) is 18.3 Å². The minimum absolute atomic E-state index is 0.745. The lowest BCUT2D eigenvalue weighted by Crippen LogP contribution is -2.15. The SMILES string of the molecule is Cc1cc(C)c(Cn2cc(CNC3CC3)c(C)n2)c(C)c1. The van der Waals surface area contributed by atoms with Gasteiger partial charge in [-0.1, -0.05) is 17.7 Å². The van der Waals surface area contributed by atoms with E-state index in [1.807, 2.05) is 0 Å². The van der Waals surface area contributed by atoms with Crippen molar-refractivity contribution in [2.45, 2.75) is 59.7 Å². The monoisotopic (exact) mass is 283 g/mol. The van der Waals surface area contributed by atoms with E-state index in [-0.39, 0.29) is 0 Å². The van der Waals surface area contributed by atoms with Gasteiger partial charge in [0.1, 0.15) is 0 Å². The first-order valence-electron chi connectivity index (χ1n) is 7.86. The molecule has 2 aromatic rings. The molecular weight excluding hydrogens is 258 g/mol. The first kappa shape index (κ1) is 14.3. The smallest absolute Gasteiger partial charge is 0.0664 e. The molecule has 0 aliphatic heterocycles. The van der Waals surface area contributed by atoms with E-state index in [1.165, 1.54) is 40.7 Å². The van der Waals surface area contributed by atoms with Crippen molar-refractivity contribution < 1.29 is 0 Å². The molecule has 0 atom stereocenters. The number of hydrogen-bond acceptors (Lipinski definition) is 2. The number of nitrogens with zero attached hydrogens (tertiary/aromatic N) is 2. The Morgan fingerprint density at radius 2 is 1.81 bits per heavy atom. The van der Waals surface area contributed by atoms with Crippen LogP contribution in [0.4, 0.5) is 0 Å². The van der Waals surface area contributed by atoms with Gasteiger partial charge in [0.15, 0.2) is 0 Å². The summed E-state index contributed by atoms with van der Waals surface area (Å²) < 4.78 is 2.09. The van der Waals surface area contributed by atoms with Crippen LogP contribution >= 0.6 is 0 Å². The summed E-state index contributed by atoms with van der Waals surface area (Å²) in [6.45, 7) is 10.5. The molecule has 3 nitrogen and oxygen atoms in total. The first-order valence-corrected chi connectivity index (χ1v) is 7.86. The quantitative estimate of drug-likeness (QED) is 0.911. The molecule has 0 radical (unpaired) electrons. The van der Waals surface area contributed by atoms with E-state index in [0.29, 0.717) is 0 Å². The summed E-state index contributed by atoms with van der Waals surface area (Å²) >= 11 is 0. The molecule has 1 N–H and O–H groups in total. The van der Waals surface area contributed by atoms with Crippen molar-refractivity contribution in [2.24, 2.45) is 0 Å². The molecule has 1 heterocycles. The highest BCUT2D eigenvalue weighted by Gasteiger charge is 2.20. The van der Waals surface area contributed by atoms with Crippen molar-refractivity contribution in [3.8, 4) is 0 Å². The molecule has 3 rings (SSSR count). The van der Waals surface area contributed by atoms with Crippen LogP contribution in [0.3, 0.4) is 0 Å². The van der Waals surface area contributed by atoms with E-state index in [0.717, 1.165) is 24.8 Å². The molecule has 0 unspecified atom stereocenters. The van der Waals surface area contributed by atoms with Gasteiger partial charge >= 0.3 is 0 Å². The summed E-state index contributed by atoms with van der Waals surface area (Å²) in [6, 6.07) is 5.26. The van der Waals surface area contributed by atoms with Crippen molar-refractivity contribution in [2.75, 3.05) is 0 Å². The van der Waals surface area contributed by atoms with E-state index in [9.17, 15) is 0 Å². The zero-order chi connectivity index (χ0) is 15.0. The largest absolute Gasteiger partial charge is 0.310 e. The minimum Gasteiger partial charge on any atom is -0.310 e. The molecule has 1 aliphatic carbocycles. The Hall–Kier alpha value is -1.61. The normalized spacial score (nSPS) is 14.7. The second-order valence-corrected chi connectivity index (χ2v) is 6.47. The van der Waals surface area contributed by atoms with Gasteiger partial charge in [-0.2, -0.15) is 5.10 Å². The van der Waals surface area contributed by atoms with Crippen molar-refractivity contribution in [3.63, 3.8) is 0 Å². The number of aryl methyl sites for hydroxylation is 4. The summed E-state index contributed by atoms with van der Waals surface area (Å²) in [5, 5.41) is 8.25. The Labute approximate surface area is 127 Å². The Balaban J connectivity index is 1.77. The second kappa shape index (κ2) is 5.64. The molecule has 1 aliphatic rings. The molecule has 1 aromatic heterocycles. The minimum atomic E-state index is 0.745. The second-order valence-electron chi connectivity index (χ2n) is 6.47. The van der Waals surface area contributed by atoms with Crippen molar-refractivity contribution in [1.82, 2.24) is 15.1 Å². The third-order valence-electron chi connectivity index (χ3n) is 4.37. The molecule has 0 bridgehead atoms. The highest BCUT2D eigenvalue weighted by atomic mass is 15.3. The predicted molar refractivity (Wildman–Crippen MR) is 86.6 cm³/mol. The average Bonchev–Trinajstić information content (AvgIpc) is 3.16. The zero-order valence-electron chi connectivity index (χ0n) is 13.5. The van der Waals surface area contributed by atoms with Crippen molar-refractivity contribution in [3.05, 3.63) is 51.8 Å². The molecular formula is C18H25N3. The number of nitrogens with one attached hydrogen (secondary N) is 1. The van der Waals surface area contributed by atoms with Crippen LogP contribution in [0.2, 0.25) is 0 Å². The van der Waals surface area contributed by atoms with E-state index in [1.54, 1.807) is 0 Å². The fourth-order valence-electron chi connectivity index (χ4n) is 2.98. The third-order valence-corrected chi connectivity index (χ3v) is 4.37. The van der Waals surface area contributed by atoms with Crippen LogP contribution in [0.1, 0.15) is 46.4 Å². The van der Waals surface area contributed by atoms with E-state index >= 15 is 0 Å². The van der Waals surface area contributed by atoms with Crippen molar-refractivity contribution >= 4 is 0 Å². The van der Waals surface area contributed by atoms with Crippen LogP contribution in [0, 0.1) is 27.7 Å². The van der Waals surface area contributed by atoms with Gasteiger partial charge < -0.3 is 5.32 Å². The Morgan fingerprint density at radius 3 is 2.43 bits per heavy atom. The van der Waals surface area contributed by atoms with Gasteiger partial charge in [-0.05, 0) is 57.2 Å². The van der Waals surface area contributed by atoms with Gasteiger partial charge in [0.05, 0.1) is 12.2 Å². The molecule has 3 heteroatoms. The number of benzene rings is 1. The maximum atomic E-state index is 4.69. The fourth-order valence-corrected chi connectivity index (χ4v) is 2.98. The van der Waals surface area contributed by atoms with Crippen LogP contribution in [-0.4, -0.2) is 15.8 Å². The fraction of sp³-hybridized carbons (Fsp3) is 0.500. The lowest BCUT2D eigenvalue weighted by molar-refractivity contribution is 0.670. The molecule has 21 heavy (non-hydrogen) atoms. The highest BCUT2D eigenvalue weighted by Crippen LogP contribution is 2.21. The molecule has 1 saturated carbocycles. The Kier molecular flexibility index (Phi) is 3.85. The van der Waals surface area contributed by atoms with Crippen LogP contribution in [0.25, 0.3) is 0 Å². The highest BCUT2D eigenvalue weighted by molar-refractivity contribution is 5.37. The third kappa shape index (κ3) is 3.35. The lowest BCUT2D eigenvalue weighted by atomic mass is 10.00. The molecule has 112 valence electrons. The van der Waals surface area contributed by atoms with E-state index in [4.69, 9.17) is 0 Å². The number of hydrogen-bond donors (Lipinski definition) is 1. The van der Waals surface area contributed by atoms with Gasteiger partial charge in [0, 0.05) is 24.3 Å². The van der Waals surface area contributed by atoms with Gasteiger partial charge in [0.25, 0.3) is 0 Å². The topological polar surface area (TPSA) is 29.9 Å². The molecule has 1 fully saturated rings. The summed E-state index contributed by atoms with van der Waals surface area (Å²) in [5.41, 5.74) is 7.91. The van der Waals surface area contributed by atoms with Gasteiger partial charge in [0.2, 0.25) is 0 Å². The van der Waals surface area contributed by atoms with Crippen LogP contribution in [0.5, 0.6) is 0 Å². The van der Waals surface area contributed by atoms with Gasteiger partial charge in [-0.3, -0.25) is 4.68 Å². The van der Waals surface area contributed by atoms with Crippen LogP contribution < -0.4 is 5.32 Å². The number of rotatable bonds is 5. The molecule has 0 amide bonds. The zero-order valence-corrected chi connectivity index (χ0v) is 13.5. The predicted octanol–water partition coefficient (Wildman–Crippen LogP) is 3.42. The maximum Gasteiger partial charge on any atom is 0.0664 e. The standard InChI is InChI=1S/C18H25N3/c1-12-7-13(2)18(14(3)8-12)11-21-10-16(15(4)20-21)9-19-17-5-6-17/h7-8,10,17,19H,5-6,9,11H2,1-4H3. The van der Waals surface area contributed by atoms with Gasteiger partial charge in [-0.25, -0.2) is 0 Å². The summed E-state index contributed by atoms with van der Waals surface area (Å²) in [6.07, 6.45) is 4.85. The first-order chi connectivity index (χ1) is 10.0. The van der Waals surface area contributed by atoms with Gasteiger partial charge in [-0.15, -0.1) is 0 Å². The number of aromatic nitrogens is 2. The van der Waals surface area contributed by atoms with Crippen LogP contribution in [-0.2, 0) is 13.1 Å². The maximum absolute atomic E-state index is 4.69.